The maximum atomic E-state index is 12.4. The summed E-state index contributed by atoms with van der Waals surface area (Å²) >= 11 is 0. The van der Waals surface area contributed by atoms with E-state index in [0.717, 1.165) is 32.0 Å². The lowest BCUT2D eigenvalue weighted by Crippen LogP contribution is -2.53. The Morgan fingerprint density at radius 1 is 1.47 bits per heavy atom. The Kier molecular flexibility index (Phi) is 4.37. The van der Waals surface area contributed by atoms with Crippen LogP contribution in [0.25, 0.3) is 0 Å². The van der Waals surface area contributed by atoms with E-state index >= 15 is 0 Å². The summed E-state index contributed by atoms with van der Waals surface area (Å²) in [5, 5.41) is 2.96. The number of rotatable bonds is 3. The predicted octanol–water partition coefficient (Wildman–Crippen LogP) is 1.29. The van der Waals surface area contributed by atoms with Gasteiger partial charge in [-0.25, -0.2) is 4.98 Å². The highest BCUT2D eigenvalue weighted by Gasteiger charge is 2.26. The summed E-state index contributed by atoms with van der Waals surface area (Å²) in [5.41, 5.74) is 0.518. The minimum Gasteiger partial charge on any atom is -0.373 e. The van der Waals surface area contributed by atoms with Gasteiger partial charge in [0.2, 0.25) is 0 Å². The zero-order chi connectivity index (χ0) is 13.8. The molecule has 1 aliphatic rings. The van der Waals surface area contributed by atoms with Crippen LogP contribution in [0.4, 0.5) is 5.82 Å². The van der Waals surface area contributed by atoms with E-state index in [9.17, 15) is 4.79 Å². The number of pyridine rings is 1. The first-order valence-corrected chi connectivity index (χ1v) is 6.83. The molecular formula is C14H22N4O. The van der Waals surface area contributed by atoms with Crippen molar-refractivity contribution in [3.63, 3.8) is 0 Å². The fourth-order valence-electron chi connectivity index (χ4n) is 2.50. The van der Waals surface area contributed by atoms with Crippen LogP contribution in [0.1, 0.15) is 24.3 Å². The molecule has 1 aliphatic heterocycles. The van der Waals surface area contributed by atoms with Crippen LogP contribution in [0.15, 0.2) is 18.2 Å². The monoisotopic (exact) mass is 262 g/mol. The van der Waals surface area contributed by atoms with Gasteiger partial charge in [0.05, 0.1) is 0 Å². The summed E-state index contributed by atoms with van der Waals surface area (Å²) in [6, 6.07) is 5.90. The van der Waals surface area contributed by atoms with Gasteiger partial charge in [0.1, 0.15) is 11.5 Å². The van der Waals surface area contributed by atoms with Crippen LogP contribution in [-0.2, 0) is 0 Å². The van der Waals surface area contributed by atoms with Crippen LogP contribution in [0.3, 0.4) is 0 Å². The van der Waals surface area contributed by atoms with Crippen molar-refractivity contribution in [2.45, 2.75) is 19.9 Å². The van der Waals surface area contributed by atoms with Crippen molar-refractivity contribution in [1.29, 1.82) is 0 Å². The van der Waals surface area contributed by atoms with Crippen LogP contribution < -0.4 is 5.32 Å². The average molecular weight is 262 g/mol. The van der Waals surface area contributed by atoms with Crippen LogP contribution in [0.5, 0.6) is 0 Å². The number of carbonyl (C=O) groups excluding carboxylic acids is 1. The van der Waals surface area contributed by atoms with Crippen LogP contribution in [0, 0.1) is 0 Å². The molecule has 1 aromatic heterocycles. The van der Waals surface area contributed by atoms with Crippen molar-refractivity contribution in [1.82, 2.24) is 14.8 Å². The van der Waals surface area contributed by atoms with Crippen molar-refractivity contribution >= 4 is 11.7 Å². The van der Waals surface area contributed by atoms with E-state index < -0.39 is 0 Å². The molecule has 5 nitrogen and oxygen atoms in total. The second-order valence-corrected chi connectivity index (χ2v) is 4.89. The third-order valence-electron chi connectivity index (χ3n) is 3.68. The lowest BCUT2D eigenvalue weighted by molar-refractivity contribution is 0.0523. The van der Waals surface area contributed by atoms with Crippen molar-refractivity contribution in [2.24, 2.45) is 0 Å². The summed E-state index contributed by atoms with van der Waals surface area (Å²) in [4.78, 5) is 21.0. The molecule has 0 aliphatic carbocycles. The quantitative estimate of drug-likeness (QED) is 0.891. The Morgan fingerprint density at radius 3 is 2.89 bits per heavy atom. The zero-order valence-electron chi connectivity index (χ0n) is 11.9. The van der Waals surface area contributed by atoms with Crippen LogP contribution in [-0.4, -0.2) is 60.0 Å². The minimum absolute atomic E-state index is 0.0275. The van der Waals surface area contributed by atoms with E-state index in [0.29, 0.717) is 11.7 Å². The second kappa shape index (κ2) is 6.02. The fourth-order valence-corrected chi connectivity index (χ4v) is 2.50. The van der Waals surface area contributed by atoms with Crippen molar-refractivity contribution in [3.8, 4) is 0 Å². The standard InChI is InChI=1S/C14H22N4O/c1-4-17-8-9-18(10-11(17)2)14(19)12-6-5-7-13(15-3)16-12/h5-7,11H,4,8-10H2,1-3H3,(H,15,16). The van der Waals surface area contributed by atoms with Gasteiger partial charge in [-0.1, -0.05) is 13.0 Å². The molecule has 104 valence electrons. The summed E-state index contributed by atoms with van der Waals surface area (Å²) in [5.74, 6) is 0.755. The van der Waals surface area contributed by atoms with E-state index in [4.69, 9.17) is 0 Å². The number of nitrogens with one attached hydrogen (secondary N) is 1. The van der Waals surface area contributed by atoms with E-state index in [1.54, 1.807) is 13.1 Å². The highest BCUT2D eigenvalue weighted by Crippen LogP contribution is 2.13. The summed E-state index contributed by atoms with van der Waals surface area (Å²) in [7, 11) is 1.80. The molecule has 0 spiro atoms. The maximum absolute atomic E-state index is 12.4. The first-order valence-electron chi connectivity index (χ1n) is 6.83. The molecule has 1 atom stereocenters. The van der Waals surface area contributed by atoms with E-state index in [-0.39, 0.29) is 5.91 Å². The zero-order valence-corrected chi connectivity index (χ0v) is 11.9. The molecule has 1 aromatic rings. The van der Waals surface area contributed by atoms with Gasteiger partial charge in [0, 0.05) is 32.7 Å². The van der Waals surface area contributed by atoms with Crippen molar-refractivity contribution < 1.29 is 4.79 Å². The lowest BCUT2D eigenvalue weighted by Gasteiger charge is -2.39. The first kappa shape index (κ1) is 13.8. The molecule has 0 bridgehead atoms. The normalized spacial score (nSPS) is 20.4. The van der Waals surface area contributed by atoms with Gasteiger partial charge in [-0.3, -0.25) is 9.69 Å². The number of hydrogen-bond donors (Lipinski definition) is 1. The average Bonchev–Trinajstić information content (AvgIpc) is 2.46. The number of hydrogen-bond acceptors (Lipinski definition) is 4. The number of nitrogens with zero attached hydrogens (tertiary/aromatic N) is 3. The molecule has 2 heterocycles. The van der Waals surface area contributed by atoms with Crippen molar-refractivity contribution in [2.75, 3.05) is 38.5 Å². The Labute approximate surface area is 114 Å². The maximum Gasteiger partial charge on any atom is 0.272 e. The molecule has 1 unspecified atom stereocenters. The molecule has 0 aromatic carbocycles. The minimum atomic E-state index is 0.0275. The van der Waals surface area contributed by atoms with E-state index in [1.807, 2.05) is 17.0 Å². The topological polar surface area (TPSA) is 48.5 Å². The lowest BCUT2D eigenvalue weighted by atomic mass is 10.1. The second-order valence-electron chi connectivity index (χ2n) is 4.89. The number of amides is 1. The highest BCUT2D eigenvalue weighted by molar-refractivity contribution is 5.92. The first-order chi connectivity index (χ1) is 9.15. The van der Waals surface area contributed by atoms with Gasteiger partial charge in [-0.05, 0) is 25.6 Å². The van der Waals surface area contributed by atoms with E-state index in [1.165, 1.54) is 0 Å². The predicted molar refractivity (Wildman–Crippen MR) is 76.4 cm³/mol. The molecule has 5 heteroatoms. The van der Waals surface area contributed by atoms with Crippen LogP contribution in [0.2, 0.25) is 0 Å². The number of anilines is 1. The molecular weight excluding hydrogens is 240 g/mol. The third kappa shape index (κ3) is 3.04. The number of carbonyl (C=O) groups is 1. The van der Waals surface area contributed by atoms with Gasteiger partial charge in [-0.15, -0.1) is 0 Å². The molecule has 0 radical (unpaired) electrons. The van der Waals surface area contributed by atoms with Gasteiger partial charge < -0.3 is 10.2 Å². The van der Waals surface area contributed by atoms with Gasteiger partial charge in [0.25, 0.3) is 5.91 Å². The molecule has 0 saturated carbocycles. The smallest absolute Gasteiger partial charge is 0.272 e. The summed E-state index contributed by atoms with van der Waals surface area (Å²) in [6.45, 7) is 7.86. The summed E-state index contributed by atoms with van der Waals surface area (Å²) in [6.07, 6.45) is 0. The number of aromatic nitrogens is 1. The SMILES string of the molecule is CCN1CCN(C(=O)c2cccc(NC)n2)CC1C. The summed E-state index contributed by atoms with van der Waals surface area (Å²) < 4.78 is 0. The highest BCUT2D eigenvalue weighted by atomic mass is 16.2. The van der Waals surface area contributed by atoms with Crippen LogP contribution >= 0.6 is 0 Å². The molecule has 1 amide bonds. The van der Waals surface area contributed by atoms with E-state index in [2.05, 4.69) is 29.0 Å². The Hall–Kier alpha value is -1.62. The number of piperazine rings is 1. The molecule has 1 fully saturated rings. The Bertz CT molecular complexity index is 449. The molecule has 2 rings (SSSR count). The van der Waals surface area contributed by atoms with Gasteiger partial charge in [-0.2, -0.15) is 0 Å². The molecule has 1 saturated heterocycles. The molecule has 1 N–H and O–H groups in total. The molecule has 19 heavy (non-hydrogen) atoms. The van der Waals surface area contributed by atoms with Gasteiger partial charge >= 0.3 is 0 Å². The number of likely N-dealkylation sites (N-methyl/N-ethyl adjacent to an activating group) is 1. The van der Waals surface area contributed by atoms with Gasteiger partial charge in [0.15, 0.2) is 0 Å². The Morgan fingerprint density at radius 2 is 2.26 bits per heavy atom. The third-order valence-corrected chi connectivity index (χ3v) is 3.68. The fraction of sp³-hybridized carbons (Fsp3) is 0.571. The Balaban J connectivity index is 2.07. The van der Waals surface area contributed by atoms with Crippen molar-refractivity contribution in [3.05, 3.63) is 23.9 Å². The largest absolute Gasteiger partial charge is 0.373 e.